The van der Waals surface area contributed by atoms with Crippen LogP contribution in [0.5, 0.6) is 5.75 Å². The van der Waals surface area contributed by atoms with Crippen molar-refractivity contribution in [2.75, 3.05) is 0 Å². The molecule has 29 heavy (non-hydrogen) atoms. The van der Waals surface area contributed by atoms with E-state index in [-0.39, 0.29) is 28.4 Å². The normalized spacial score (nSPS) is 11.7. The van der Waals surface area contributed by atoms with Crippen molar-refractivity contribution in [2.24, 2.45) is 0 Å². The van der Waals surface area contributed by atoms with Crippen molar-refractivity contribution in [3.63, 3.8) is 0 Å². The Morgan fingerprint density at radius 3 is 2.34 bits per heavy atom. The lowest BCUT2D eigenvalue weighted by molar-refractivity contribution is -0.135. The van der Waals surface area contributed by atoms with E-state index in [4.69, 9.17) is 16.3 Å². The first-order valence-electron chi connectivity index (χ1n) is 8.63. The number of aryl methyl sites for hydroxylation is 1. The zero-order valence-corrected chi connectivity index (χ0v) is 16.7. The summed E-state index contributed by atoms with van der Waals surface area (Å²) in [4.78, 5) is -0.953. The van der Waals surface area contributed by atoms with Gasteiger partial charge in [0.1, 0.15) is 11.5 Å². The van der Waals surface area contributed by atoms with Crippen LogP contribution in [0.2, 0.25) is 5.02 Å². The third-order valence-corrected chi connectivity index (χ3v) is 5.37. The van der Waals surface area contributed by atoms with Gasteiger partial charge < -0.3 is 4.74 Å². The van der Waals surface area contributed by atoms with Crippen LogP contribution in [0.15, 0.2) is 36.4 Å². The third-order valence-electron chi connectivity index (χ3n) is 4.18. The number of nitrogens with zero attached hydrogens (tertiary/aromatic N) is 1. The molecule has 0 aliphatic heterocycles. The van der Waals surface area contributed by atoms with Gasteiger partial charge >= 0.3 is 6.18 Å². The molecule has 0 bridgehead atoms. The summed E-state index contributed by atoms with van der Waals surface area (Å²) in [5, 5.41) is 0.419. The van der Waals surface area contributed by atoms with Crippen LogP contribution in [-0.2, 0) is 19.2 Å². The van der Waals surface area contributed by atoms with E-state index in [0.29, 0.717) is 23.4 Å². The van der Waals surface area contributed by atoms with Gasteiger partial charge in [-0.05, 0) is 41.7 Å². The summed E-state index contributed by atoms with van der Waals surface area (Å²) < 4.78 is 77.7. The predicted molar refractivity (Wildman–Crippen MR) is 102 cm³/mol. The predicted octanol–water partition coefficient (Wildman–Crippen LogP) is 7.29. The first-order chi connectivity index (χ1) is 13.7. The molecule has 1 heterocycles. The van der Waals surface area contributed by atoms with Gasteiger partial charge in [0.05, 0.1) is 5.69 Å². The fourth-order valence-corrected chi connectivity index (χ4v) is 3.69. The summed E-state index contributed by atoms with van der Waals surface area (Å²) in [5.41, 5.74) is 0.404. The van der Waals surface area contributed by atoms with Crippen LogP contribution in [0.1, 0.15) is 29.3 Å². The van der Waals surface area contributed by atoms with E-state index < -0.39 is 35.0 Å². The van der Waals surface area contributed by atoms with E-state index in [1.807, 2.05) is 6.92 Å². The first-order valence-corrected chi connectivity index (χ1v) is 9.78. The molecule has 0 radical (unpaired) electrons. The molecule has 2 aromatic carbocycles. The lowest BCUT2D eigenvalue weighted by atomic mass is 10.1. The summed E-state index contributed by atoms with van der Waals surface area (Å²) in [6.45, 7) is 1.20. The van der Waals surface area contributed by atoms with E-state index in [9.17, 15) is 22.0 Å². The highest BCUT2D eigenvalue weighted by atomic mass is 35.5. The molecule has 0 saturated carbocycles. The van der Waals surface area contributed by atoms with Crippen molar-refractivity contribution in [1.82, 2.24) is 4.37 Å². The molecule has 3 aromatic rings. The molecule has 0 aliphatic rings. The van der Waals surface area contributed by atoms with Gasteiger partial charge in [-0.2, -0.15) is 21.9 Å². The highest BCUT2D eigenvalue weighted by molar-refractivity contribution is 7.06. The highest BCUT2D eigenvalue weighted by Gasteiger charge is 2.38. The van der Waals surface area contributed by atoms with Gasteiger partial charge in [0, 0.05) is 16.1 Å². The lowest BCUT2D eigenvalue weighted by Crippen LogP contribution is -2.09. The number of hydrogen-bond donors (Lipinski definition) is 0. The number of rotatable bonds is 6. The summed E-state index contributed by atoms with van der Waals surface area (Å²) in [6.07, 6.45) is -3.69. The third kappa shape index (κ3) is 4.70. The van der Waals surface area contributed by atoms with Crippen molar-refractivity contribution in [2.45, 2.75) is 32.5 Å². The number of benzene rings is 2. The Kier molecular flexibility index (Phi) is 6.43. The average Bonchev–Trinajstić information content (AvgIpc) is 3.10. The van der Waals surface area contributed by atoms with Crippen LogP contribution >= 0.6 is 23.1 Å². The molecular formula is C20H15ClF5NOS. The second kappa shape index (κ2) is 8.67. The van der Waals surface area contributed by atoms with Crippen LogP contribution in [0.25, 0.3) is 11.3 Å². The number of aromatic nitrogens is 1. The molecule has 2 nitrogen and oxygen atoms in total. The minimum Gasteiger partial charge on any atom is -0.486 e. The van der Waals surface area contributed by atoms with Crippen molar-refractivity contribution < 1.29 is 26.7 Å². The van der Waals surface area contributed by atoms with Gasteiger partial charge in [-0.15, -0.1) is 0 Å². The second-order valence-corrected chi connectivity index (χ2v) is 7.44. The average molecular weight is 448 g/mol. The number of alkyl halides is 3. The zero-order valence-electron chi connectivity index (χ0n) is 15.1. The monoisotopic (exact) mass is 447 g/mol. The largest absolute Gasteiger partial charge is 0.486 e. The standard InChI is InChI=1S/C20H15ClF5NOS/c1-2-3-11-6-9-15(17(23)16(11)22)28-10-14-18(12-4-7-13(21)8-5-12)27-29-19(14)20(24,25)26/h4-9H,2-3,10H2,1H3. The molecule has 0 spiro atoms. The molecule has 0 amide bonds. The fraction of sp³-hybridized carbons (Fsp3) is 0.250. The van der Waals surface area contributed by atoms with Gasteiger partial charge in [0.15, 0.2) is 11.6 Å². The molecule has 0 unspecified atom stereocenters. The summed E-state index contributed by atoms with van der Waals surface area (Å²) in [7, 11) is 0. The minimum atomic E-state index is -4.66. The first kappa shape index (κ1) is 21.5. The summed E-state index contributed by atoms with van der Waals surface area (Å²) in [5.74, 6) is -2.73. The summed E-state index contributed by atoms with van der Waals surface area (Å²) >= 11 is 6.10. The lowest BCUT2D eigenvalue weighted by Gasteiger charge is -2.12. The summed E-state index contributed by atoms with van der Waals surface area (Å²) in [6, 6.07) is 8.69. The van der Waals surface area contributed by atoms with E-state index >= 15 is 0 Å². The second-order valence-electron chi connectivity index (χ2n) is 6.23. The van der Waals surface area contributed by atoms with Crippen molar-refractivity contribution >= 4 is 23.1 Å². The Bertz CT molecular complexity index is 1000. The number of ether oxygens (including phenoxy) is 1. The number of halogens is 6. The quantitative estimate of drug-likeness (QED) is 0.370. The molecule has 0 aliphatic carbocycles. The fourth-order valence-electron chi connectivity index (χ4n) is 2.80. The van der Waals surface area contributed by atoms with E-state index in [2.05, 4.69) is 4.37 Å². The SMILES string of the molecule is CCCc1ccc(OCc2c(-c3ccc(Cl)cc3)nsc2C(F)(F)F)c(F)c1F. The molecule has 1 aromatic heterocycles. The maximum atomic E-state index is 14.3. The molecule has 0 N–H and O–H groups in total. The van der Waals surface area contributed by atoms with Gasteiger partial charge in [0.25, 0.3) is 0 Å². The van der Waals surface area contributed by atoms with E-state index in [1.165, 1.54) is 36.4 Å². The van der Waals surface area contributed by atoms with Crippen molar-refractivity contribution in [1.29, 1.82) is 0 Å². The minimum absolute atomic E-state index is 0.0578. The van der Waals surface area contributed by atoms with E-state index in [1.54, 1.807) is 0 Å². The molecular weight excluding hydrogens is 433 g/mol. The smallest absolute Gasteiger partial charge is 0.427 e. The molecule has 9 heteroatoms. The van der Waals surface area contributed by atoms with Gasteiger partial charge in [-0.25, -0.2) is 4.39 Å². The van der Waals surface area contributed by atoms with Gasteiger partial charge in [-0.1, -0.05) is 43.1 Å². The van der Waals surface area contributed by atoms with Crippen molar-refractivity contribution in [3.05, 3.63) is 69.1 Å². The molecule has 0 saturated heterocycles. The highest BCUT2D eigenvalue weighted by Crippen LogP contribution is 2.40. The maximum Gasteiger partial charge on any atom is 0.427 e. The molecule has 0 atom stereocenters. The maximum absolute atomic E-state index is 14.3. The van der Waals surface area contributed by atoms with Crippen LogP contribution in [0, 0.1) is 11.6 Å². The molecule has 3 rings (SSSR count). The van der Waals surface area contributed by atoms with Crippen molar-refractivity contribution in [3.8, 4) is 17.0 Å². The van der Waals surface area contributed by atoms with Gasteiger partial charge in [-0.3, -0.25) is 0 Å². The molecule has 0 fully saturated rings. The molecule has 154 valence electrons. The Balaban J connectivity index is 1.95. The Morgan fingerprint density at radius 2 is 1.72 bits per heavy atom. The Labute approximate surface area is 173 Å². The van der Waals surface area contributed by atoms with Gasteiger partial charge in [0.2, 0.25) is 5.82 Å². The van der Waals surface area contributed by atoms with E-state index in [0.717, 1.165) is 0 Å². The topological polar surface area (TPSA) is 22.1 Å². The Hall–Kier alpha value is -2.19. The van der Waals surface area contributed by atoms with Crippen LogP contribution in [0.3, 0.4) is 0 Å². The van der Waals surface area contributed by atoms with Crippen LogP contribution < -0.4 is 4.74 Å². The van der Waals surface area contributed by atoms with Crippen LogP contribution in [-0.4, -0.2) is 4.37 Å². The Morgan fingerprint density at radius 1 is 1.03 bits per heavy atom. The zero-order chi connectivity index (χ0) is 21.2. The number of hydrogen-bond acceptors (Lipinski definition) is 3. The van der Waals surface area contributed by atoms with Crippen LogP contribution in [0.4, 0.5) is 22.0 Å².